The van der Waals surface area contributed by atoms with E-state index in [9.17, 15) is 0 Å². The molecule has 2 heteroatoms. The Hall–Kier alpha value is -1.83. The first-order valence-corrected chi connectivity index (χ1v) is 5.52. The number of aromatic nitrogens is 2. The second kappa shape index (κ2) is 3.08. The number of nitrogens with zero attached hydrogens (tertiary/aromatic N) is 1. The van der Waals surface area contributed by atoms with Gasteiger partial charge in [-0.25, -0.2) is 0 Å². The van der Waals surface area contributed by atoms with Crippen molar-refractivity contribution in [3.63, 3.8) is 0 Å². The number of rotatable bonds is 0. The topological polar surface area (TPSA) is 28.7 Å². The third-order valence-electron chi connectivity index (χ3n) is 3.32. The number of benzene rings is 1. The van der Waals surface area contributed by atoms with Crippen molar-refractivity contribution >= 4 is 21.8 Å². The van der Waals surface area contributed by atoms with Gasteiger partial charge in [-0.15, -0.1) is 0 Å². The van der Waals surface area contributed by atoms with Crippen LogP contribution in [0.25, 0.3) is 21.8 Å². The molecule has 80 valence electrons. The van der Waals surface area contributed by atoms with Gasteiger partial charge in [0, 0.05) is 27.7 Å². The van der Waals surface area contributed by atoms with Crippen molar-refractivity contribution in [1.82, 2.24) is 9.97 Å². The molecule has 0 aliphatic carbocycles. The summed E-state index contributed by atoms with van der Waals surface area (Å²) in [6.45, 7) is 6.27. The van der Waals surface area contributed by atoms with Crippen LogP contribution in [0.4, 0.5) is 0 Å². The van der Waals surface area contributed by atoms with Gasteiger partial charge in [0.2, 0.25) is 0 Å². The molecular weight excluding hydrogens is 196 g/mol. The number of nitrogens with one attached hydrogen (secondary N) is 1. The first-order valence-electron chi connectivity index (χ1n) is 5.52. The van der Waals surface area contributed by atoms with Crippen LogP contribution in [0.3, 0.4) is 0 Å². The second-order valence-electron chi connectivity index (χ2n) is 4.33. The zero-order valence-electron chi connectivity index (χ0n) is 9.76. The summed E-state index contributed by atoms with van der Waals surface area (Å²) in [6.07, 6.45) is 0. The highest BCUT2D eigenvalue weighted by atomic mass is 14.8. The quantitative estimate of drug-likeness (QED) is 0.603. The lowest BCUT2D eigenvalue weighted by atomic mass is 10.1. The molecule has 0 fully saturated rings. The Bertz CT molecular complexity index is 693. The van der Waals surface area contributed by atoms with E-state index >= 15 is 0 Å². The molecule has 16 heavy (non-hydrogen) atoms. The lowest BCUT2D eigenvalue weighted by molar-refractivity contribution is 1.12. The lowest BCUT2D eigenvalue weighted by Gasteiger charge is -2.03. The van der Waals surface area contributed by atoms with E-state index in [0.717, 1.165) is 11.4 Å². The van der Waals surface area contributed by atoms with Crippen LogP contribution in [-0.2, 0) is 0 Å². The Balaban J connectivity index is 2.64. The van der Waals surface area contributed by atoms with E-state index < -0.39 is 0 Å². The number of H-pyrrole nitrogens is 1. The molecule has 3 aromatic rings. The summed E-state index contributed by atoms with van der Waals surface area (Å²) >= 11 is 0. The van der Waals surface area contributed by atoms with Crippen LogP contribution in [0, 0.1) is 20.8 Å². The van der Waals surface area contributed by atoms with Gasteiger partial charge in [-0.2, -0.15) is 0 Å². The van der Waals surface area contributed by atoms with Crippen LogP contribution in [0.5, 0.6) is 0 Å². The molecule has 0 aliphatic heterocycles. The first-order chi connectivity index (χ1) is 7.68. The number of para-hydroxylation sites is 1. The molecule has 0 unspecified atom stereocenters. The van der Waals surface area contributed by atoms with Crippen LogP contribution < -0.4 is 0 Å². The van der Waals surface area contributed by atoms with Gasteiger partial charge in [-0.05, 0) is 32.4 Å². The molecule has 0 amide bonds. The maximum absolute atomic E-state index is 4.60. The van der Waals surface area contributed by atoms with Gasteiger partial charge < -0.3 is 4.98 Å². The Morgan fingerprint density at radius 1 is 1.00 bits per heavy atom. The summed E-state index contributed by atoms with van der Waals surface area (Å²) in [4.78, 5) is 8.09. The summed E-state index contributed by atoms with van der Waals surface area (Å²) in [6, 6.07) is 8.40. The van der Waals surface area contributed by atoms with Crippen molar-refractivity contribution in [1.29, 1.82) is 0 Å². The third kappa shape index (κ3) is 1.10. The molecule has 2 heterocycles. The van der Waals surface area contributed by atoms with Crippen LogP contribution in [0.1, 0.15) is 17.0 Å². The van der Waals surface area contributed by atoms with E-state index in [2.05, 4.69) is 55.0 Å². The molecule has 2 aromatic heterocycles. The number of fused-ring (bicyclic) bond motifs is 3. The highest BCUT2D eigenvalue weighted by molar-refractivity contribution is 6.09. The van der Waals surface area contributed by atoms with Gasteiger partial charge in [0.1, 0.15) is 0 Å². The lowest BCUT2D eigenvalue weighted by Crippen LogP contribution is -1.91. The highest BCUT2D eigenvalue weighted by Crippen LogP contribution is 2.29. The Morgan fingerprint density at radius 2 is 1.75 bits per heavy atom. The zero-order valence-corrected chi connectivity index (χ0v) is 9.76. The molecule has 0 spiro atoms. The summed E-state index contributed by atoms with van der Waals surface area (Å²) in [5, 5.41) is 2.53. The standard InChI is InChI=1S/C14H14N2/c1-8-9(2)15-10(3)13-11-6-4-5-7-12(11)16-14(8)13/h4-7,16H,1-3H3. The van der Waals surface area contributed by atoms with Crippen LogP contribution >= 0.6 is 0 Å². The maximum Gasteiger partial charge on any atom is 0.0531 e. The smallest absolute Gasteiger partial charge is 0.0531 e. The fourth-order valence-electron chi connectivity index (χ4n) is 2.37. The molecule has 0 saturated carbocycles. The second-order valence-corrected chi connectivity index (χ2v) is 4.33. The third-order valence-corrected chi connectivity index (χ3v) is 3.32. The molecular formula is C14H14N2. The number of hydrogen-bond acceptors (Lipinski definition) is 1. The summed E-state index contributed by atoms with van der Waals surface area (Å²) in [5.41, 5.74) is 5.88. The van der Waals surface area contributed by atoms with Gasteiger partial charge >= 0.3 is 0 Å². The SMILES string of the molecule is Cc1nc(C)c2c([nH]c3ccccc32)c1C. The number of pyridine rings is 1. The van der Waals surface area contributed by atoms with Crippen molar-refractivity contribution in [3.05, 3.63) is 41.2 Å². The van der Waals surface area contributed by atoms with E-state index in [1.807, 2.05) is 0 Å². The van der Waals surface area contributed by atoms with Gasteiger partial charge in [0.05, 0.1) is 5.52 Å². The zero-order chi connectivity index (χ0) is 11.3. The maximum atomic E-state index is 4.60. The van der Waals surface area contributed by atoms with Crippen molar-refractivity contribution in [2.75, 3.05) is 0 Å². The molecule has 0 atom stereocenters. The van der Waals surface area contributed by atoms with E-state index in [0.29, 0.717) is 0 Å². The van der Waals surface area contributed by atoms with Crippen LogP contribution in [0.15, 0.2) is 24.3 Å². The molecule has 0 saturated heterocycles. The Labute approximate surface area is 94.3 Å². The van der Waals surface area contributed by atoms with E-state index in [1.54, 1.807) is 0 Å². The summed E-state index contributed by atoms with van der Waals surface area (Å²) in [5.74, 6) is 0. The van der Waals surface area contributed by atoms with E-state index in [-0.39, 0.29) is 0 Å². The molecule has 1 aromatic carbocycles. The normalized spacial score (nSPS) is 11.4. The van der Waals surface area contributed by atoms with Crippen molar-refractivity contribution in [3.8, 4) is 0 Å². The number of aryl methyl sites for hydroxylation is 3. The van der Waals surface area contributed by atoms with Crippen molar-refractivity contribution in [2.45, 2.75) is 20.8 Å². The van der Waals surface area contributed by atoms with E-state index in [1.165, 1.54) is 27.4 Å². The molecule has 2 nitrogen and oxygen atoms in total. The predicted molar refractivity (Wildman–Crippen MR) is 67.8 cm³/mol. The van der Waals surface area contributed by atoms with Gasteiger partial charge in [-0.1, -0.05) is 18.2 Å². The average Bonchev–Trinajstić information content (AvgIpc) is 2.65. The molecule has 0 aliphatic rings. The van der Waals surface area contributed by atoms with Crippen LogP contribution in [0.2, 0.25) is 0 Å². The van der Waals surface area contributed by atoms with Crippen LogP contribution in [-0.4, -0.2) is 9.97 Å². The minimum Gasteiger partial charge on any atom is -0.354 e. The van der Waals surface area contributed by atoms with E-state index in [4.69, 9.17) is 0 Å². The fourth-order valence-corrected chi connectivity index (χ4v) is 2.37. The first kappa shape index (κ1) is 9.40. The monoisotopic (exact) mass is 210 g/mol. The predicted octanol–water partition coefficient (Wildman–Crippen LogP) is 3.64. The minimum absolute atomic E-state index is 1.11. The summed E-state index contributed by atoms with van der Waals surface area (Å²) in [7, 11) is 0. The Morgan fingerprint density at radius 3 is 2.56 bits per heavy atom. The molecule has 3 rings (SSSR count). The van der Waals surface area contributed by atoms with Crippen molar-refractivity contribution < 1.29 is 0 Å². The van der Waals surface area contributed by atoms with Crippen molar-refractivity contribution in [2.24, 2.45) is 0 Å². The Kier molecular flexibility index (Phi) is 1.81. The fraction of sp³-hybridized carbons (Fsp3) is 0.214. The molecule has 1 N–H and O–H groups in total. The number of aromatic amines is 1. The highest BCUT2D eigenvalue weighted by Gasteiger charge is 2.10. The molecule has 0 radical (unpaired) electrons. The largest absolute Gasteiger partial charge is 0.354 e. The average molecular weight is 210 g/mol. The van der Waals surface area contributed by atoms with Gasteiger partial charge in [0.15, 0.2) is 0 Å². The van der Waals surface area contributed by atoms with Gasteiger partial charge in [-0.3, -0.25) is 4.98 Å². The summed E-state index contributed by atoms with van der Waals surface area (Å²) < 4.78 is 0. The number of hydrogen-bond donors (Lipinski definition) is 1. The van der Waals surface area contributed by atoms with Gasteiger partial charge in [0.25, 0.3) is 0 Å². The minimum atomic E-state index is 1.11. The molecule has 0 bridgehead atoms.